The fourth-order valence-corrected chi connectivity index (χ4v) is 2.30. The lowest BCUT2D eigenvalue weighted by molar-refractivity contribution is -0.144. The number of hydrogen-bond acceptors (Lipinski definition) is 7. The molecule has 0 radical (unpaired) electrons. The van der Waals surface area contributed by atoms with E-state index in [4.69, 9.17) is 16.6 Å². The van der Waals surface area contributed by atoms with Crippen molar-refractivity contribution in [1.29, 1.82) is 0 Å². The van der Waals surface area contributed by atoms with Crippen LogP contribution < -0.4 is 27.4 Å². The van der Waals surface area contributed by atoms with Crippen LogP contribution in [0.1, 0.15) is 40.5 Å². The van der Waals surface area contributed by atoms with Crippen LogP contribution in [0.5, 0.6) is 0 Å². The van der Waals surface area contributed by atoms with E-state index in [0.29, 0.717) is 6.42 Å². The first kappa shape index (κ1) is 26.3. The fraction of sp³-hybridized carbons (Fsp3) is 0.706. The Balaban J connectivity index is 5.47. The van der Waals surface area contributed by atoms with Gasteiger partial charge in [-0.1, -0.05) is 20.3 Å². The van der Waals surface area contributed by atoms with E-state index in [2.05, 4.69) is 16.0 Å². The predicted molar refractivity (Wildman–Crippen MR) is 102 cm³/mol. The number of aliphatic hydroxyl groups is 1. The number of aliphatic carboxylic acids is 1. The van der Waals surface area contributed by atoms with Crippen LogP contribution >= 0.6 is 0 Å². The molecule has 0 aromatic carbocycles. The van der Waals surface area contributed by atoms with Crippen LogP contribution in [0.3, 0.4) is 0 Å². The van der Waals surface area contributed by atoms with Crippen LogP contribution in [0, 0.1) is 5.92 Å². The molecule has 0 aliphatic rings. The van der Waals surface area contributed by atoms with Gasteiger partial charge in [-0.25, -0.2) is 4.79 Å². The molecular weight excluding hydrogens is 386 g/mol. The van der Waals surface area contributed by atoms with E-state index in [1.807, 2.05) is 0 Å². The molecule has 0 rings (SSSR count). The molecular formula is C17H31N5O7. The van der Waals surface area contributed by atoms with Gasteiger partial charge in [0, 0.05) is 0 Å². The summed E-state index contributed by atoms with van der Waals surface area (Å²) in [5, 5.41) is 25.8. The second-order valence-electron chi connectivity index (χ2n) is 6.96. The van der Waals surface area contributed by atoms with Crippen molar-refractivity contribution in [3.05, 3.63) is 0 Å². The third kappa shape index (κ3) is 8.87. The van der Waals surface area contributed by atoms with Crippen LogP contribution in [0.2, 0.25) is 0 Å². The molecule has 0 fully saturated rings. The topological polar surface area (TPSA) is 214 Å². The zero-order valence-electron chi connectivity index (χ0n) is 17.0. The number of nitrogens with two attached hydrogens (primary N) is 2. The lowest BCUT2D eigenvalue weighted by atomic mass is 9.97. The van der Waals surface area contributed by atoms with Gasteiger partial charge in [-0.3, -0.25) is 19.2 Å². The number of carboxylic acid groups (broad SMARTS) is 1. The van der Waals surface area contributed by atoms with Gasteiger partial charge < -0.3 is 37.6 Å². The van der Waals surface area contributed by atoms with Crippen LogP contribution in [-0.4, -0.2) is 70.1 Å². The second-order valence-corrected chi connectivity index (χ2v) is 6.96. The number of carbonyl (C=O) groups excluding carboxylic acids is 4. The summed E-state index contributed by atoms with van der Waals surface area (Å²) in [5.41, 5.74) is 10.4. The first-order chi connectivity index (χ1) is 13.3. The summed E-state index contributed by atoms with van der Waals surface area (Å²) in [6, 6.07) is -5.05. The minimum atomic E-state index is -1.56. The largest absolute Gasteiger partial charge is 0.480 e. The van der Waals surface area contributed by atoms with E-state index >= 15 is 0 Å². The highest BCUT2D eigenvalue weighted by atomic mass is 16.4. The van der Waals surface area contributed by atoms with Gasteiger partial charge in [-0.05, 0) is 19.8 Å². The van der Waals surface area contributed by atoms with Gasteiger partial charge in [-0.2, -0.15) is 0 Å². The van der Waals surface area contributed by atoms with Crippen molar-refractivity contribution in [2.24, 2.45) is 17.4 Å². The monoisotopic (exact) mass is 417 g/mol. The Morgan fingerprint density at radius 3 is 1.76 bits per heavy atom. The van der Waals surface area contributed by atoms with Crippen LogP contribution in [0.15, 0.2) is 0 Å². The Labute approximate surface area is 168 Å². The molecule has 29 heavy (non-hydrogen) atoms. The quantitative estimate of drug-likeness (QED) is 0.175. The first-order valence-corrected chi connectivity index (χ1v) is 9.17. The highest BCUT2D eigenvalue weighted by molar-refractivity contribution is 5.95. The third-order valence-electron chi connectivity index (χ3n) is 4.29. The highest BCUT2D eigenvalue weighted by Crippen LogP contribution is 2.10. The number of amides is 4. The molecule has 0 spiro atoms. The summed E-state index contributed by atoms with van der Waals surface area (Å²) in [7, 11) is 0. The van der Waals surface area contributed by atoms with Crippen LogP contribution in [-0.2, 0) is 24.0 Å². The third-order valence-corrected chi connectivity index (χ3v) is 4.29. The van der Waals surface area contributed by atoms with Gasteiger partial charge in [0.05, 0.1) is 18.6 Å². The standard InChI is InChI=1S/C17H31N5O7/c1-5-7(2)12(15(26)20-10(17(28)29)6-11(19)24)21-16(27)13(9(4)23)22-14(25)8(3)18/h7-10,12-13,23H,5-6,18H2,1-4H3,(H2,19,24)(H,20,26)(H,21,27)(H,22,25)(H,28,29). The number of carboxylic acids is 1. The molecule has 0 aromatic heterocycles. The average molecular weight is 417 g/mol. The van der Waals surface area contributed by atoms with Gasteiger partial charge in [0.25, 0.3) is 0 Å². The van der Waals surface area contributed by atoms with Crippen molar-refractivity contribution in [3.8, 4) is 0 Å². The molecule has 4 amide bonds. The van der Waals surface area contributed by atoms with Crippen molar-refractivity contribution in [1.82, 2.24) is 16.0 Å². The zero-order chi connectivity index (χ0) is 22.9. The minimum absolute atomic E-state index is 0.430. The Morgan fingerprint density at radius 1 is 0.897 bits per heavy atom. The van der Waals surface area contributed by atoms with E-state index in [1.165, 1.54) is 13.8 Å². The lowest BCUT2D eigenvalue weighted by Crippen LogP contribution is -2.60. The number of nitrogens with one attached hydrogen (secondary N) is 3. The summed E-state index contributed by atoms with van der Waals surface area (Å²) in [6.45, 7) is 6.06. The average Bonchev–Trinajstić information content (AvgIpc) is 2.61. The normalized spacial score (nSPS) is 17.0. The van der Waals surface area contributed by atoms with E-state index < -0.39 is 72.2 Å². The van der Waals surface area contributed by atoms with Crippen molar-refractivity contribution >= 4 is 29.6 Å². The number of rotatable bonds is 12. The first-order valence-electron chi connectivity index (χ1n) is 9.17. The molecule has 166 valence electrons. The van der Waals surface area contributed by atoms with Crippen molar-refractivity contribution in [3.63, 3.8) is 0 Å². The molecule has 0 aliphatic heterocycles. The molecule has 9 N–H and O–H groups in total. The molecule has 0 aliphatic carbocycles. The molecule has 6 unspecified atom stereocenters. The number of carbonyl (C=O) groups is 5. The Morgan fingerprint density at radius 2 is 1.38 bits per heavy atom. The Kier molecular flexibility index (Phi) is 10.8. The summed E-state index contributed by atoms with van der Waals surface area (Å²) < 4.78 is 0. The number of hydrogen-bond donors (Lipinski definition) is 7. The van der Waals surface area contributed by atoms with Gasteiger partial charge >= 0.3 is 5.97 Å². The van der Waals surface area contributed by atoms with E-state index in [1.54, 1.807) is 13.8 Å². The van der Waals surface area contributed by atoms with Gasteiger partial charge in [0.2, 0.25) is 23.6 Å². The SMILES string of the molecule is CCC(C)C(NC(=O)C(NC(=O)C(C)N)C(C)O)C(=O)NC(CC(N)=O)C(=O)O. The van der Waals surface area contributed by atoms with Gasteiger partial charge in [-0.15, -0.1) is 0 Å². The summed E-state index contributed by atoms with van der Waals surface area (Å²) >= 11 is 0. The number of aliphatic hydroxyl groups excluding tert-OH is 1. The van der Waals surface area contributed by atoms with E-state index in [9.17, 15) is 29.1 Å². The van der Waals surface area contributed by atoms with E-state index in [-0.39, 0.29) is 0 Å². The maximum atomic E-state index is 12.6. The molecule has 12 heteroatoms. The molecule has 12 nitrogen and oxygen atoms in total. The molecule has 6 atom stereocenters. The van der Waals surface area contributed by atoms with Crippen LogP contribution in [0.25, 0.3) is 0 Å². The van der Waals surface area contributed by atoms with Crippen LogP contribution in [0.4, 0.5) is 0 Å². The van der Waals surface area contributed by atoms with Crippen molar-refractivity contribution < 1.29 is 34.2 Å². The number of primary amides is 1. The molecule has 0 saturated heterocycles. The zero-order valence-corrected chi connectivity index (χ0v) is 17.0. The Hall–Kier alpha value is -2.73. The maximum Gasteiger partial charge on any atom is 0.326 e. The maximum absolute atomic E-state index is 12.6. The second kappa shape index (κ2) is 12.0. The molecule has 0 heterocycles. The van der Waals surface area contributed by atoms with Gasteiger partial charge in [0.1, 0.15) is 18.1 Å². The minimum Gasteiger partial charge on any atom is -0.480 e. The predicted octanol–water partition coefficient (Wildman–Crippen LogP) is -2.83. The summed E-state index contributed by atoms with van der Waals surface area (Å²) in [5.74, 6) is -5.18. The summed E-state index contributed by atoms with van der Waals surface area (Å²) in [4.78, 5) is 59.2. The van der Waals surface area contributed by atoms with Crippen molar-refractivity contribution in [2.45, 2.75) is 70.8 Å². The highest BCUT2D eigenvalue weighted by Gasteiger charge is 2.34. The molecule has 0 aromatic rings. The molecule has 0 saturated carbocycles. The van der Waals surface area contributed by atoms with Gasteiger partial charge in [0.15, 0.2) is 0 Å². The fourth-order valence-electron chi connectivity index (χ4n) is 2.30. The Bertz CT molecular complexity index is 623. The van der Waals surface area contributed by atoms with E-state index in [0.717, 1.165) is 0 Å². The summed E-state index contributed by atoms with van der Waals surface area (Å²) in [6.07, 6.45) is -1.47. The smallest absolute Gasteiger partial charge is 0.326 e. The van der Waals surface area contributed by atoms with Crippen molar-refractivity contribution in [2.75, 3.05) is 0 Å². The molecule has 0 bridgehead atoms. The lowest BCUT2D eigenvalue weighted by Gasteiger charge is -2.28.